The van der Waals surface area contributed by atoms with Crippen molar-refractivity contribution >= 4 is 23.1 Å². The third-order valence-electron chi connectivity index (χ3n) is 6.09. The van der Waals surface area contributed by atoms with E-state index >= 15 is 0 Å². The fourth-order valence-electron chi connectivity index (χ4n) is 4.31. The zero-order chi connectivity index (χ0) is 25.9. The monoisotopic (exact) mass is 486 g/mol. The van der Waals surface area contributed by atoms with Gasteiger partial charge in [0.1, 0.15) is 17.2 Å². The predicted octanol–water partition coefficient (Wildman–Crippen LogP) is 5.36. The molecule has 3 aromatic carbocycles. The molecule has 0 saturated heterocycles. The Bertz CT molecular complexity index is 1300. The van der Waals surface area contributed by atoms with Crippen LogP contribution in [-0.2, 0) is 6.42 Å². The zero-order valence-corrected chi connectivity index (χ0v) is 21.2. The number of carbonyl (C=O) groups is 2. The number of amides is 1. The van der Waals surface area contributed by atoms with E-state index < -0.39 is 0 Å². The van der Waals surface area contributed by atoms with Crippen LogP contribution in [0.5, 0.6) is 17.2 Å². The van der Waals surface area contributed by atoms with Gasteiger partial charge in [-0.1, -0.05) is 6.07 Å². The maximum atomic E-state index is 13.2. The average molecular weight is 487 g/mol. The smallest absolute Gasteiger partial charge is 0.255 e. The summed E-state index contributed by atoms with van der Waals surface area (Å²) in [6, 6.07) is 17.8. The van der Waals surface area contributed by atoms with Crippen molar-refractivity contribution < 1.29 is 23.8 Å². The number of nitrogens with zero attached hydrogens (tertiary/aromatic N) is 1. The molecule has 0 unspecified atom stereocenters. The molecule has 1 N–H and O–H groups in total. The largest absolute Gasteiger partial charge is 0.497 e. The van der Waals surface area contributed by atoms with Crippen molar-refractivity contribution in [1.82, 2.24) is 0 Å². The maximum Gasteiger partial charge on any atom is 0.255 e. The highest BCUT2D eigenvalue weighted by Crippen LogP contribution is 2.31. The van der Waals surface area contributed by atoms with Gasteiger partial charge in [-0.15, -0.1) is 0 Å². The Balaban J connectivity index is 1.49. The van der Waals surface area contributed by atoms with E-state index in [0.717, 1.165) is 29.0 Å². The summed E-state index contributed by atoms with van der Waals surface area (Å²) in [7, 11) is 4.68. The minimum atomic E-state index is -0.310. The molecule has 3 aromatic rings. The summed E-state index contributed by atoms with van der Waals surface area (Å²) < 4.78 is 15.9. The van der Waals surface area contributed by atoms with Gasteiger partial charge in [0.05, 0.1) is 39.0 Å². The van der Waals surface area contributed by atoms with Gasteiger partial charge in [0.25, 0.3) is 5.91 Å². The zero-order valence-electron chi connectivity index (χ0n) is 21.2. The highest BCUT2D eigenvalue weighted by atomic mass is 16.5. The molecule has 0 aliphatic carbocycles. The SMILES string of the molecule is COc1cc(OC)cc(C(=O)Nc2ccc(C(=O)CC3=NC(C)(C)Cc4ccc(OC)cc43)cc2)c1. The van der Waals surface area contributed by atoms with Gasteiger partial charge in [0.2, 0.25) is 0 Å². The van der Waals surface area contributed by atoms with Gasteiger partial charge >= 0.3 is 0 Å². The fraction of sp³-hybridized carbons (Fsp3) is 0.276. The number of ketones is 1. The molecule has 1 amide bonds. The third-order valence-corrected chi connectivity index (χ3v) is 6.09. The summed E-state index contributed by atoms with van der Waals surface area (Å²) in [4.78, 5) is 30.8. The molecular formula is C29H30N2O5. The molecule has 0 fully saturated rings. The summed E-state index contributed by atoms with van der Waals surface area (Å²) in [6.45, 7) is 4.14. The standard InChI is InChI=1S/C29H30N2O5/c1-29(2)17-19-8-11-22(34-3)15-25(19)26(31-29)16-27(32)18-6-9-21(10-7-18)30-28(33)20-12-23(35-4)14-24(13-20)36-5/h6-15H,16-17H2,1-5H3,(H,30,33). The second-order valence-electron chi connectivity index (χ2n) is 9.30. The number of carbonyl (C=O) groups excluding carboxylic acids is 2. The van der Waals surface area contributed by atoms with Crippen molar-refractivity contribution in [3.05, 3.63) is 82.9 Å². The topological polar surface area (TPSA) is 86.2 Å². The van der Waals surface area contributed by atoms with Crippen molar-refractivity contribution in [2.75, 3.05) is 26.6 Å². The van der Waals surface area contributed by atoms with Gasteiger partial charge in [0.15, 0.2) is 5.78 Å². The van der Waals surface area contributed by atoms with Crippen molar-refractivity contribution in [1.29, 1.82) is 0 Å². The van der Waals surface area contributed by atoms with E-state index in [4.69, 9.17) is 19.2 Å². The number of methoxy groups -OCH3 is 3. The quantitative estimate of drug-likeness (QED) is 0.433. The van der Waals surface area contributed by atoms with Crippen LogP contribution in [0.15, 0.2) is 65.7 Å². The lowest BCUT2D eigenvalue weighted by atomic mass is 9.85. The Morgan fingerprint density at radius 2 is 1.47 bits per heavy atom. The minimum absolute atomic E-state index is 0.0457. The first-order valence-corrected chi connectivity index (χ1v) is 11.6. The Morgan fingerprint density at radius 3 is 2.08 bits per heavy atom. The second kappa shape index (κ2) is 10.2. The molecule has 1 aliphatic rings. The molecule has 36 heavy (non-hydrogen) atoms. The molecule has 0 atom stereocenters. The highest BCUT2D eigenvalue weighted by Gasteiger charge is 2.28. The van der Waals surface area contributed by atoms with Crippen molar-refractivity contribution in [3.8, 4) is 17.2 Å². The van der Waals surface area contributed by atoms with Crippen LogP contribution in [0.25, 0.3) is 0 Å². The fourth-order valence-corrected chi connectivity index (χ4v) is 4.31. The molecular weight excluding hydrogens is 456 g/mol. The number of fused-ring (bicyclic) bond motifs is 1. The normalized spacial score (nSPS) is 13.8. The maximum absolute atomic E-state index is 13.2. The van der Waals surface area contributed by atoms with Crippen LogP contribution < -0.4 is 19.5 Å². The summed E-state index contributed by atoms with van der Waals surface area (Å²) in [6.07, 6.45) is 0.983. The number of anilines is 1. The molecule has 0 aromatic heterocycles. The van der Waals surface area contributed by atoms with Gasteiger partial charge in [-0.2, -0.15) is 0 Å². The number of nitrogens with one attached hydrogen (secondary N) is 1. The lowest BCUT2D eigenvalue weighted by molar-refractivity contribution is 0.0998. The van der Waals surface area contributed by atoms with E-state index in [1.165, 1.54) is 14.2 Å². The van der Waals surface area contributed by atoms with E-state index in [2.05, 4.69) is 19.2 Å². The summed E-state index contributed by atoms with van der Waals surface area (Å²) in [5, 5.41) is 2.85. The summed E-state index contributed by atoms with van der Waals surface area (Å²) in [5.41, 5.74) is 4.11. The van der Waals surface area contributed by atoms with Crippen LogP contribution >= 0.6 is 0 Å². The number of hydrogen-bond acceptors (Lipinski definition) is 6. The third kappa shape index (κ3) is 5.57. The first-order valence-electron chi connectivity index (χ1n) is 11.6. The van der Waals surface area contributed by atoms with Crippen molar-refractivity contribution in [2.24, 2.45) is 4.99 Å². The van der Waals surface area contributed by atoms with Crippen LogP contribution in [0, 0.1) is 0 Å². The van der Waals surface area contributed by atoms with Crippen LogP contribution in [0.2, 0.25) is 0 Å². The molecule has 0 radical (unpaired) electrons. The number of Topliss-reactive ketones (excluding diaryl/α,β-unsaturated/α-hetero) is 1. The second-order valence-corrected chi connectivity index (χ2v) is 9.30. The molecule has 1 heterocycles. The summed E-state index contributed by atoms with van der Waals surface area (Å²) in [5.74, 6) is 1.43. The lowest BCUT2D eigenvalue weighted by Crippen LogP contribution is -2.30. The Labute approximate surface area is 211 Å². The molecule has 0 saturated carbocycles. The van der Waals surface area contributed by atoms with Crippen molar-refractivity contribution in [3.63, 3.8) is 0 Å². The number of ether oxygens (including phenoxy) is 3. The average Bonchev–Trinajstić information content (AvgIpc) is 2.87. The molecule has 7 nitrogen and oxygen atoms in total. The molecule has 4 rings (SSSR count). The molecule has 1 aliphatic heterocycles. The Kier molecular flexibility index (Phi) is 7.10. The molecule has 7 heteroatoms. The molecule has 186 valence electrons. The first kappa shape index (κ1) is 25.0. The van der Waals surface area contributed by atoms with Crippen LogP contribution in [-0.4, -0.2) is 44.3 Å². The van der Waals surface area contributed by atoms with E-state index in [1.807, 2.05) is 18.2 Å². The van der Waals surface area contributed by atoms with E-state index in [0.29, 0.717) is 28.3 Å². The molecule has 0 spiro atoms. The Hall–Kier alpha value is -4.13. The number of hydrogen-bond donors (Lipinski definition) is 1. The highest BCUT2D eigenvalue weighted by molar-refractivity contribution is 6.17. The van der Waals surface area contributed by atoms with Gasteiger partial charge in [-0.05, 0) is 74.4 Å². The van der Waals surface area contributed by atoms with Crippen LogP contribution in [0.1, 0.15) is 52.1 Å². The van der Waals surface area contributed by atoms with Crippen molar-refractivity contribution in [2.45, 2.75) is 32.2 Å². The predicted molar refractivity (Wildman–Crippen MR) is 140 cm³/mol. The first-order chi connectivity index (χ1) is 17.2. The van der Waals surface area contributed by atoms with E-state index in [1.54, 1.807) is 49.6 Å². The molecule has 0 bridgehead atoms. The van der Waals surface area contributed by atoms with Gasteiger partial charge in [-0.25, -0.2) is 0 Å². The van der Waals surface area contributed by atoms with Gasteiger partial charge in [0, 0.05) is 28.4 Å². The van der Waals surface area contributed by atoms with Gasteiger partial charge < -0.3 is 19.5 Å². The summed E-state index contributed by atoms with van der Waals surface area (Å²) >= 11 is 0. The van der Waals surface area contributed by atoms with Crippen LogP contribution in [0.4, 0.5) is 5.69 Å². The van der Waals surface area contributed by atoms with Gasteiger partial charge in [-0.3, -0.25) is 14.6 Å². The van der Waals surface area contributed by atoms with E-state index in [9.17, 15) is 9.59 Å². The lowest BCUT2D eigenvalue weighted by Gasteiger charge is -2.29. The number of rotatable bonds is 8. The minimum Gasteiger partial charge on any atom is -0.497 e. The van der Waals surface area contributed by atoms with Crippen LogP contribution in [0.3, 0.4) is 0 Å². The van der Waals surface area contributed by atoms with E-state index in [-0.39, 0.29) is 23.7 Å². The Morgan fingerprint density at radius 1 is 0.833 bits per heavy atom. The number of aliphatic imine (C=N–C) groups is 1. The number of benzene rings is 3.